The first-order valence-electron chi connectivity index (χ1n) is 2.42. The van der Waals surface area contributed by atoms with Crippen molar-refractivity contribution >= 4 is 11.7 Å². The van der Waals surface area contributed by atoms with Gasteiger partial charge in [-0.2, -0.15) is 0 Å². The molecule has 0 aliphatic heterocycles. The zero-order chi connectivity index (χ0) is 6.41. The van der Waals surface area contributed by atoms with Gasteiger partial charge in [-0.3, -0.25) is 0 Å². The molecule has 0 aliphatic carbocycles. The van der Waals surface area contributed by atoms with E-state index in [-0.39, 0.29) is 12.6 Å². The topological polar surface area (TPSA) is 63.3 Å². The first-order valence-corrected chi connectivity index (χ1v) is 3.33. The van der Waals surface area contributed by atoms with Crippen LogP contribution in [0.1, 0.15) is 6.42 Å². The highest BCUT2D eigenvalue weighted by Gasteiger charge is 2.04. The third-order valence-corrected chi connectivity index (χ3v) is 1.21. The van der Waals surface area contributed by atoms with Crippen LogP contribution in [0.3, 0.4) is 0 Å². The first kappa shape index (κ1) is 7.94. The summed E-state index contributed by atoms with van der Waals surface area (Å²) in [4.78, 5) is 0. The molecule has 3 N–H and O–H groups in total. The van der Waals surface area contributed by atoms with Crippen LogP contribution in [0, 0.1) is 0 Å². The van der Waals surface area contributed by atoms with Crippen LogP contribution in [0.5, 0.6) is 0 Å². The minimum atomic E-state index is -0.212. The van der Waals surface area contributed by atoms with E-state index < -0.39 is 0 Å². The summed E-state index contributed by atoms with van der Waals surface area (Å²) in [6.45, 7) is -0.0272. The Morgan fingerprint density at radius 2 is 2.38 bits per heavy atom. The Morgan fingerprint density at radius 3 is 2.75 bits per heavy atom. The van der Waals surface area contributed by atoms with Crippen LogP contribution < -0.4 is 5.73 Å². The Hall–Kier alpha value is -0.0600. The average Bonchev–Trinajstić information content (AvgIpc) is 1.83. The van der Waals surface area contributed by atoms with Gasteiger partial charge in [0.05, 0.1) is 6.61 Å². The minimum absolute atomic E-state index is 0.0272. The second-order valence-electron chi connectivity index (χ2n) is 1.55. The molecule has 48 valence electrons. The number of aliphatic hydroxyl groups is 1. The van der Waals surface area contributed by atoms with Crippen molar-refractivity contribution in [1.29, 1.82) is 0 Å². The number of aliphatic hydroxyl groups excluding tert-OH is 1. The highest BCUT2D eigenvalue weighted by Crippen LogP contribution is 1.83. The molecular weight excluding hydrogens is 126 g/mol. The predicted octanol–water partition coefficient (Wildman–Crippen LogP) is -0.876. The molecule has 0 fully saturated rings. The van der Waals surface area contributed by atoms with E-state index in [0.717, 1.165) is 0 Å². The lowest BCUT2D eigenvalue weighted by Crippen LogP contribution is -2.25. The van der Waals surface area contributed by atoms with Gasteiger partial charge in [-0.05, 0) is 0 Å². The summed E-state index contributed by atoms with van der Waals surface area (Å²) in [5.74, 6) is 0.488. The van der Waals surface area contributed by atoms with E-state index in [9.17, 15) is 4.21 Å². The lowest BCUT2D eigenvalue weighted by atomic mass is 10.3. The monoisotopic (exact) mass is 136 g/mol. The third kappa shape index (κ3) is 4.11. The molecular formula is C4H10NO2S+. The van der Waals surface area contributed by atoms with Crippen LogP contribution in [0.15, 0.2) is 0 Å². The van der Waals surface area contributed by atoms with Gasteiger partial charge >= 0.3 is 11.7 Å². The van der Waals surface area contributed by atoms with Crippen molar-refractivity contribution < 1.29 is 9.32 Å². The largest absolute Gasteiger partial charge is 0.458 e. The van der Waals surface area contributed by atoms with Crippen molar-refractivity contribution in [3.05, 3.63) is 0 Å². The van der Waals surface area contributed by atoms with Gasteiger partial charge in [-0.1, -0.05) is 0 Å². The molecule has 8 heavy (non-hydrogen) atoms. The summed E-state index contributed by atoms with van der Waals surface area (Å²) in [6.07, 6.45) is 0.602. The fourth-order valence-electron chi connectivity index (χ4n) is 0.291. The van der Waals surface area contributed by atoms with E-state index in [4.69, 9.17) is 10.8 Å². The molecule has 0 radical (unpaired) electrons. The zero-order valence-electron chi connectivity index (χ0n) is 4.54. The molecule has 4 heteroatoms. The number of rotatable bonds is 4. The molecule has 0 aromatic carbocycles. The van der Waals surface area contributed by atoms with E-state index in [1.807, 2.05) is 0 Å². The summed E-state index contributed by atoms with van der Waals surface area (Å²) >= 11 is 0.504. The van der Waals surface area contributed by atoms with Crippen LogP contribution in [0.4, 0.5) is 0 Å². The van der Waals surface area contributed by atoms with Crippen LogP contribution in [-0.4, -0.2) is 23.5 Å². The molecule has 0 amide bonds. The Kier molecular flexibility index (Phi) is 5.05. The van der Waals surface area contributed by atoms with Crippen LogP contribution in [0.2, 0.25) is 0 Å². The van der Waals surface area contributed by atoms with Crippen LogP contribution in [0.25, 0.3) is 0 Å². The van der Waals surface area contributed by atoms with Crippen LogP contribution in [-0.2, 0) is 15.9 Å². The first-order chi connectivity index (χ1) is 3.81. The molecule has 3 nitrogen and oxygen atoms in total. The molecule has 0 unspecified atom stereocenters. The van der Waals surface area contributed by atoms with Crippen molar-refractivity contribution in [3.63, 3.8) is 0 Å². The van der Waals surface area contributed by atoms with Gasteiger partial charge in [-0.15, -0.1) is 0 Å². The smallest absolute Gasteiger partial charge is 0.395 e. The zero-order valence-corrected chi connectivity index (χ0v) is 5.36. The highest BCUT2D eigenvalue weighted by molar-refractivity contribution is 7.65. The Labute approximate surface area is 52.4 Å². The second-order valence-corrected chi connectivity index (χ2v) is 2.20. The lowest BCUT2D eigenvalue weighted by Gasteiger charge is -1.98. The summed E-state index contributed by atoms with van der Waals surface area (Å²) in [6, 6.07) is -0.212. The van der Waals surface area contributed by atoms with Crippen molar-refractivity contribution in [3.8, 4) is 0 Å². The maximum atomic E-state index is 9.73. The van der Waals surface area contributed by atoms with Crippen molar-refractivity contribution in [2.24, 2.45) is 5.73 Å². The molecule has 0 aromatic rings. The van der Waals surface area contributed by atoms with Gasteiger partial charge in [0, 0.05) is 16.7 Å². The van der Waals surface area contributed by atoms with E-state index in [1.54, 1.807) is 0 Å². The highest BCUT2D eigenvalue weighted by atomic mass is 32.1. The second kappa shape index (κ2) is 5.08. The quantitative estimate of drug-likeness (QED) is 0.493. The molecule has 0 aromatic heterocycles. The lowest BCUT2D eigenvalue weighted by molar-refractivity contribution is 0.263. The summed E-state index contributed by atoms with van der Waals surface area (Å²) in [7, 11) is 0. The fraction of sp³-hybridized carbons (Fsp3) is 1.00. The maximum Gasteiger partial charge on any atom is 0.458 e. The van der Waals surface area contributed by atoms with Gasteiger partial charge in [0.25, 0.3) is 0 Å². The molecule has 1 atom stereocenters. The van der Waals surface area contributed by atoms with Gasteiger partial charge in [-0.25, -0.2) is 0 Å². The predicted molar refractivity (Wildman–Crippen MR) is 32.6 cm³/mol. The Balaban J connectivity index is 2.97. The van der Waals surface area contributed by atoms with Gasteiger partial charge in [0.15, 0.2) is 0 Å². The van der Waals surface area contributed by atoms with Gasteiger partial charge < -0.3 is 10.8 Å². The fourth-order valence-corrected chi connectivity index (χ4v) is 0.690. The van der Waals surface area contributed by atoms with Gasteiger partial charge in [0.2, 0.25) is 5.75 Å². The summed E-state index contributed by atoms with van der Waals surface area (Å²) in [5, 5.41) is 8.33. The average molecular weight is 136 g/mol. The van der Waals surface area contributed by atoms with Gasteiger partial charge in [0.1, 0.15) is 0 Å². The minimum Gasteiger partial charge on any atom is -0.395 e. The van der Waals surface area contributed by atoms with Crippen molar-refractivity contribution in [1.82, 2.24) is 0 Å². The number of nitrogens with two attached hydrogens (primary N) is 1. The molecule has 0 rings (SSSR count). The normalized spacial score (nSPS) is 13.2. The number of hydrogen-bond acceptors (Lipinski definition) is 3. The third-order valence-electron chi connectivity index (χ3n) is 0.806. The van der Waals surface area contributed by atoms with E-state index in [0.29, 0.717) is 23.8 Å². The van der Waals surface area contributed by atoms with Crippen LogP contribution >= 0.6 is 0 Å². The molecule has 0 bridgehead atoms. The van der Waals surface area contributed by atoms with E-state index in [1.165, 1.54) is 0 Å². The summed E-state index contributed by atoms with van der Waals surface area (Å²) in [5.41, 5.74) is 5.26. The van der Waals surface area contributed by atoms with E-state index in [2.05, 4.69) is 0 Å². The molecule has 0 heterocycles. The Bertz CT molecular complexity index is 69.1. The Morgan fingerprint density at radius 1 is 1.75 bits per heavy atom. The molecule has 0 spiro atoms. The number of hydrogen-bond donors (Lipinski definition) is 2. The maximum absolute atomic E-state index is 9.73. The van der Waals surface area contributed by atoms with Crippen molar-refractivity contribution in [2.75, 3.05) is 12.4 Å². The molecule has 0 saturated heterocycles. The SMILES string of the molecule is N[C@H](CO)CC[S+]=O. The molecule has 0 saturated carbocycles. The summed E-state index contributed by atoms with van der Waals surface area (Å²) < 4.78 is 9.73. The van der Waals surface area contributed by atoms with E-state index >= 15 is 0 Å². The standard InChI is InChI=1S/C4H10NO2S/c5-4(3-6)1-2-8-7/h4,6H,1-3,5H2/q+1/t4-/m0/s1. The van der Waals surface area contributed by atoms with Crippen molar-refractivity contribution in [2.45, 2.75) is 12.5 Å². The molecule has 0 aliphatic rings.